The molecular weight excluding hydrogens is 272 g/mol. The van der Waals surface area contributed by atoms with Gasteiger partial charge >= 0.3 is 5.97 Å². The Balaban J connectivity index is 1.85. The van der Waals surface area contributed by atoms with E-state index in [2.05, 4.69) is 6.07 Å². The smallest absolute Gasteiger partial charge is 0.339 e. The average molecular weight is 284 g/mol. The van der Waals surface area contributed by atoms with E-state index < -0.39 is 5.97 Å². The Morgan fingerprint density at radius 1 is 1.10 bits per heavy atom. The monoisotopic (exact) mass is 284 g/mol. The second-order valence-electron chi connectivity index (χ2n) is 4.35. The predicted molar refractivity (Wildman–Crippen MR) is 79.6 cm³/mol. The molecule has 0 unspecified atom stereocenters. The van der Waals surface area contributed by atoms with Crippen molar-refractivity contribution < 1.29 is 14.6 Å². The second kappa shape index (κ2) is 5.35. The first-order valence-corrected chi connectivity index (χ1v) is 7.04. The van der Waals surface area contributed by atoms with Crippen LogP contribution in [-0.2, 0) is 6.61 Å². The van der Waals surface area contributed by atoms with Crippen LogP contribution in [0.1, 0.15) is 15.9 Å². The number of aromatic carboxylic acids is 1. The van der Waals surface area contributed by atoms with Crippen molar-refractivity contribution in [1.82, 2.24) is 0 Å². The average Bonchev–Trinajstić information content (AvgIpc) is 2.88. The molecule has 0 bridgehead atoms. The largest absolute Gasteiger partial charge is 0.488 e. The summed E-state index contributed by atoms with van der Waals surface area (Å²) in [5, 5.41) is 12.3. The molecule has 0 fully saturated rings. The maximum atomic E-state index is 11.1. The number of carboxylic acid groups (broad SMARTS) is 1. The van der Waals surface area contributed by atoms with Gasteiger partial charge < -0.3 is 9.84 Å². The lowest BCUT2D eigenvalue weighted by Gasteiger charge is -2.08. The molecule has 1 aromatic heterocycles. The standard InChI is InChI=1S/C16H12O3S/c17-16(18)13-6-1-3-7-14(13)19-9-11-10-20-15-8-4-2-5-12(11)15/h1-8,10H,9H2,(H,17,18). The lowest BCUT2D eigenvalue weighted by Crippen LogP contribution is -2.02. The number of ether oxygens (including phenoxy) is 1. The molecule has 2 aromatic carbocycles. The molecule has 20 heavy (non-hydrogen) atoms. The van der Waals surface area contributed by atoms with Crippen molar-refractivity contribution in [2.45, 2.75) is 6.61 Å². The van der Waals surface area contributed by atoms with E-state index in [0.29, 0.717) is 12.4 Å². The first-order valence-electron chi connectivity index (χ1n) is 6.16. The minimum Gasteiger partial charge on any atom is -0.488 e. The highest BCUT2D eigenvalue weighted by molar-refractivity contribution is 7.17. The van der Waals surface area contributed by atoms with Crippen LogP contribution in [0, 0.1) is 0 Å². The van der Waals surface area contributed by atoms with E-state index in [-0.39, 0.29) is 5.56 Å². The van der Waals surface area contributed by atoms with Gasteiger partial charge in [-0.1, -0.05) is 30.3 Å². The summed E-state index contributed by atoms with van der Waals surface area (Å²) in [4.78, 5) is 11.1. The van der Waals surface area contributed by atoms with Crippen LogP contribution >= 0.6 is 11.3 Å². The molecule has 0 radical (unpaired) electrons. The molecule has 0 atom stereocenters. The highest BCUT2D eigenvalue weighted by Crippen LogP contribution is 2.27. The summed E-state index contributed by atoms with van der Waals surface area (Å²) in [6, 6.07) is 14.8. The van der Waals surface area contributed by atoms with Crippen molar-refractivity contribution in [3.63, 3.8) is 0 Å². The van der Waals surface area contributed by atoms with Crippen LogP contribution in [0.3, 0.4) is 0 Å². The molecule has 0 spiro atoms. The molecule has 0 aliphatic heterocycles. The fraction of sp³-hybridized carbons (Fsp3) is 0.0625. The highest BCUT2D eigenvalue weighted by atomic mass is 32.1. The Morgan fingerprint density at radius 2 is 1.85 bits per heavy atom. The molecule has 3 rings (SSSR count). The zero-order valence-corrected chi connectivity index (χ0v) is 11.4. The van der Waals surface area contributed by atoms with Gasteiger partial charge in [-0.25, -0.2) is 4.79 Å². The number of hydrogen-bond acceptors (Lipinski definition) is 3. The summed E-state index contributed by atoms with van der Waals surface area (Å²) in [6.07, 6.45) is 0. The van der Waals surface area contributed by atoms with E-state index in [9.17, 15) is 4.79 Å². The number of fused-ring (bicyclic) bond motifs is 1. The van der Waals surface area contributed by atoms with Crippen LogP contribution < -0.4 is 4.74 Å². The lowest BCUT2D eigenvalue weighted by molar-refractivity contribution is 0.0692. The van der Waals surface area contributed by atoms with Gasteiger partial charge in [0.25, 0.3) is 0 Å². The molecule has 0 amide bonds. The molecule has 100 valence electrons. The topological polar surface area (TPSA) is 46.5 Å². The quantitative estimate of drug-likeness (QED) is 0.781. The minimum atomic E-state index is -0.976. The molecule has 1 N–H and O–H groups in total. The van der Waals surface area contributed by atoms with Gasteiger partial charge in [0.1, 0.15) is 17.9 Å². The number of thiophene rings is 1. The Kier molecular flexibility index (Phi) is 3.39. The van der Waals surface area contributed by atoms with Crippen LogP contribution in [-0.4, -0.2) is 11.1 Å². The van der Waals surface area contributed by atoms with Crippen molar-refractivity contribution in [3.8, 4) is 5.75 Å². The van der Waals surface area contributed by atoms with Crippen molar-refractivity contribution in [2.24, 2.45) is 0 Å². The van der Waals surface area contributed by atoms with Crippen LogP contribution in [0.15, 0.2) is 53.9 Å². The summed E-state index contributed by atoms with van der Waals surface area (Å²) in [6.45, 7) is 0.369. The zero-order valence-electron chi connectivity index (χ0n) is 10.6. The third kappa shape index (κ3) is 2.38. The Hall–Kier alpha value is -2.33. The van der Waals surface area contributed by atoms with Gasteiger partial charge in [-0.3, -0.25) is 0 Å². The summed E-state index contributed by atoms with van der Waals surface area (Å²) in [7, 11) is 0. The number of rotatable bonds is 4. The molecule has 0 aliphatic carbocycles. The number of para-hydroxylation sites is 1. The normalized spacial score (nSPS) is 10.6. The maximum Gasteiger partial charge on any atom is 0.339 e. The highest BCUT2D eigenvalue weighted by Gasteiger charge is 2.11. The molecule has 4 heteroatoms. The molecule has 3 aromatic rings. The SMILES string of the molecule is O=C(O)c1ccccc1OCc1csc2ccccc12. The summed E-state index contributed by atoms with van der Waals surface area (Å²) >= 11 is 1.66. The predicted octanol–water partition coefficient (Wildman–Crippen LogP) is 4.18. The molecule has 0 aliphatic rings. The first kappa shape index (κ1) is 12.7. The summed E-state index contributed by atoms with van der Waals surface area (Å²) in [5.74, 6) is -0.578. The van der Waals surface area contributed by atoms with Crippen LogP contribution in [0.5, 0.6) is 5.75 Å². The molecule has 0 saturated carbocycles. The van der Waals surface area contributed by atoms with Crippen molar-refractivity contribution in [1.29, 1.82) is 0 Å². The fourth-order valence-electron chi connectivity index (χ4n) is 2.07. The Labute approximate surface area is 120 Å². The van der Waals surface area contributed by atoms with Crippen LogP contribution in [0.4, 0.5) is 0 Å². The third-order valence-electron chi connectivity index (χ3n) is 3.06. The van der Waals surface area contributed by atoms with E-state index in [4.69, 9.17) is 9.84 Å². The number of benzene rings is 2. The Bertz CT molecular complexity index is 761. The van der Waals surface area contributed by atoms with Crippen molar-refractivity contribution in [2.75, 3.05) is 0 Å². The minimum absolute atomic E-state index is 0.187. The van der Waals surface area contributed by atoms with E-state index in [1.54, 1.807) is 35.6 Å². The second-order valence-corrected chi connectivity index (χ2v) is 5.26. The molecule has 3 nitrogen and oxygen atoms in total. The molecule has 1 heterocycles. The summed E-state index contributed by atoms with van der Waals surface area (Å²) in [5.41, 5.74) is 1.26. The zero-order chi connectivity index (χ0) is 13.9. The number of carbonyl (C=O) groups is 1. The Morgan fingerprint density at radius 3 is 2.70 bits per heavy atom. The van der Waals surface area contributed by atoms with E-state index >= 15 is 0 Å². The van der Waals surface area contributed by atoms with Gasteiger partial charge in [0.05, 0.1) is 0 Å². The molecule has 0 saturated heterocycles. The summed E-state index contributed by atoms with van der Waals surface area (Å²) < 4.78 is 6.88. The van der Waals surface area contributed by atoms with Gasteiger partial charge in [0, 0.05) is 10.3 Å². The van der Waals surface area contributed by atoms with Crippen LogP contribution in [0.2, 0.25) is 0 Å². The maximum absolute atomic E-state index is 11.1. The van der Waals surface area contributed by atoms with Gasteiger partial charge in [-0.05, 0) is 29.0 Å². The van der Waals surface area contributed by atoms with Gasteiger partial charge in [0.2, 0.25) is 0 Å². The van der Waals surface area contributed by atoms with Gasteiger partial charge in [-0.2, -0.15) is 0 Å². The van der Waals surface area contributed by atoms with Gasteiger partial charge in [-0.15, -0.1) is 11.3 Å². The first-order chi connectivity index (χ1) is 9.75. The van der Waals surface area contributed by atoms with Gasteiger partial charge in [0.15, 0.2) is 0 Å². The molecular formula is C16H12O3S. The third-order valence-corrected chi connectivity index (χ3v) is 4.07. The van der Waals surface area contributed by atoms with Crippen molar-refractivity contribution >= 4 is 27.4 Å². The lowest BCUT2D eigenvalue weighted by atomic mass is 10.2. The van der Waals surface area contributed by atoms with E-state index in [0.717, 1.165) is 10.9 Å². The van der Waals surface area contributed by atoms with Crippen LogP contribution in [0.25, 0.3) is 10.1 Å². The number of carboxylic acids is 1. The van der Waals surface area contributed by atoms with E-state index in [1.807, 2.05) is 23.6 Å². The van der Waals surface area contributed by atoms with E-state index in [1.165, 1.54) is 4.70 Å². The van der Waals surface area contributed by atoms with Crippen molar-refractivity contribution in [3.05, 3.63) is 65.0 Å². The fourth-order valence-corrected chi connectivity index (χ4v) is 3.02. The number of hydrogen-bond donors (Lipinski definition) is 1.